The first-order valence-corrected chi connectivity index (χ1v) is 6.55. The number of nitrogens with zero attached hydrogens (tertiary/aromatic N) is 1. The summed E-state index contributed by atoms with van der Waals surface area (Å²) < 4.78 is 0. The van der Waals surface area contributed by atoms with E-state index in [-0.39, 0.29) is 18.5 Å². The number of likely N-dealkylation sites (N-methyl/N-ethyl adjacent to an activating group) is 1. The summed E-state index contributed by atoms with van der Waals surface area (Å²) in [7, 11) is 1.79. The van der Waals surface area contributed by atoms with Crippen LogP contribution in [-0.4, -0.2) is 41.5 Å². The van der Waals surface area contributed by atoms with E-state index >= 15 is 0 Å². The lowest BCUT2D eigenvalue weighted by atomic mass is 10.2. The summed E-state index contributed by atoms with van der Waals surface area (Å²) in [6.07, 6.45) is 0. The zero-order chi connectivity index (χ0) is 13.7. The summed E-state index contributed by atoms with van der Waals surface area (Å²) in [6.45, 7) is 4.52. The first-order chi connectivity index (χ1) is 8.40. The Kier molecular flexibility index (Phi) is 5.30. The van der Waals surface area contributed by atoms with Crippen molar-refractivity contribution >= 4 is 23.2 Å². The van der Waals surface area contributed by atoms with Gasteiger partial charge in [0.05, 0.1) is 6.54 Å². The van der Waals surface area contributed by atoms with Crippen molar-refractivity contribution in [2.45, 2.75) is 26.4 Å². The molecule has 5 nitrogen and oxygen atoms in total. The Bertz CT molecular complexity index is 429. The van der Waals surface area contributed by atoms with Crippen LogP contribution < -0.4 is 5.32 Å². The van der Waals surface area contributed by atoms with Crippen LogP contribution in [0.15, 0.2) is 11.4 Å². The Morgan fingerprint density at radius 2 is 2.17 bits per heavy atom. The lowest BCUT2D eigenvalue weighted by molar-refractivity contribution is -0.122. The molecule has 1 aromatic rings. The van der Waals surface area contributed by atoms with Crippen LogP contribution in [0.25, 0.3) is 0 Å². The number of carbonyl (C=O) groups is 2. The van der Waals surface area contributed by atoms with Gasteiger partial charge in [0.2, 0.25) is 5.91 Å². The molecule has 0 aliphatic rings. The van der Waals surface area contributed by atoms with Gasteiger partial charge in [-0.25, -0.2) is 4.79 Å². The molecule has 0 aromatic carbocycles. The molecular formula is C12H18N2O3S. The van der Waals surface area contributed by atoms with Crippen LogP contribution in [0.2, 0.25) is 0 Å². The summed E-state index contributed by atoms with van der Waals surface area (Å²) >= 11 is 1.20. The third-order valence-corrected chi connectivity index (χ3v) is 3.19. The summed E-state index contributed by atoms with van der Waals surface area (Å²) in [6, 6.07) is 1.90. The maximum absolute atomic E-state index is 11.5. The molecule has 0 radical (unpaired) electrons. The number of aromatic carboxylic acids is 1. The highest BCUT2D eigenvalue weighted by atomic mass is 32.1. The standard InChI is InChI=1S/C12H18N2O3S/c1-8(2)13-10(15)7-14(3)6-9-4-5-18-11(9)12(16)17/h4-5,8H,6-7H2,1-3H3,(H,13,15)(H,16,17). The van der Waals surface area contributed by atoms with Gasteiger partial charge in [0.1, 0.15) is 4.88 Å². The largest absolute Gasteiger partial charge is 0.477 e. The molecule has 0 atom stereocenters. The molecular weight excluding hydrogens is 252 g/mol. The Labute approximate surface area is 110 Å². The monoisotopic (exact) mass is 270 g/mol. The predicted molar refractivity (Wildman–Crippen MR) is 70.9 cm³/mol. The average Bonchev–Trinajstić information content (AvgIpc) is 2.63. The smallest absolute Gasteiger partial charge is 0.346 e. The van der Waals surface area contributed by atoms with Gasteiger partial charge in [-0.3, -0.25) is 9.69 Å². The quantitative estimate of drug-likeness (QED) is 0.820. The van der Waals surface area contributed by atoms with Crippen LogP contribution in [0.5, 0.6) is 0 Å². The number of carbonyl (C=O) groups excluding carboxylic acids is 1. The lowest BCUT2D eigenvalue weighted by Gasteiger charge is -2.17. The van der Waals surface area contributed by atoms with Crippen LogP contribution in [0.1, 0.15) is 29.1 Å². The van der Waals surface area contributed by atoms with E-state index in [4.69, 9.17) is 5.11 Å². The Balaban J connectivity index is 2.54. The number of carboxylic acid groups (broad SMARTS) is 1. The van der Waals surface area contributed by atoms with Gasteiger partial charge in [-0.1, -0.05) is 0 Å². The fraction of sp³-hybridized carbons (Fsp3) is 0.500. The molecule has 1 rings (SSSR count). The number of hydrogen-bond donors (Lipinski definition) is 2. The highest BCUT2D eigenvalue weighted by molar-refractivity contribution is 7.12. The van der Waals surface area contributed by atoms with E-state index in [1.54, 1.807) is 23.4 Å². The van der Waals surface area contributed by atoms with Gasteiger partial charge in [-0.15, -0.1) is 11.3 Å². The second-order valence-electron chi connectivity index (χ2n) is 4.47. The van der Waals surface area contributed by atoms with Gasteiger partial charge in [0, 0.05) is 12.6 Å². The first kappa shape index (κ1) is 14.7. The molecule has 1 amide bonds. The van der Waals surface area contributed by atoms with Crippen molar-refractivity contribution < 1.29 is 14.7 Å². The van der Waals surface area contributed by atoms with Gasteiger partial charge in [-0.2, -0.15) is 0 Å². The highest BCUT2D eigenvalue weighted by Gasteiger charge is 2.14. The third-order valence-electron chi connectivity index (χ3n) is 2.24. The first-order valence-electron chi connectivity index (χ1n) is 5.67. The van der Waals surface area contributed by atoms with E-state index in [0.717, 1.165) is 5.56 Å². The van der Waals surface area contributed by atoms with Crippen molar-refractivity contribution in [3.8, 4) is 0 Å². The van der Waals surface area contributed by atoms with E-state index in [9.17, 15) is 9.59 Å². The molecule has 0 unspecified atom stereocenters. The number of amides is 1. The lowest BCUT2D eigenvalue weighted by Crippen LogP contribution is -2.38. The summed E-state index contributed by atoms with van der Waals surface area (Å²) in [5.74, 6) is -0.973. The Hall–Kier alpha value is -1.40. The summed E-state index contributed by atoms with van der Waals surface area (Å²) in [5.41, 5.74) is 0.743. The highest BCUT2D eigenvalue weighted by Crippen LogP contribution is 2.18. The SMILES string of the molecule is CC(C)NC(=O)CN(C)Cc1ccsc1C(=O)O. The molecule has 100 valence electrons. The molecule has 0 bridgehead atoms. The number of carboxylic acids is 1. The topological polar surface area (TPSA) is 69.6 Å². The van der Waals surface area contributed by atoms with Crippen LogP contribution in [0, 0.1) is 0 Å². The summed E-state index contributed by atoms with van der Waals surface area (Å²) in [4.78, 5) is 24.6. The molecule has 1 aromatic heterocycles. The molecule has 0 saturated heterocycles. The molecule has 0 spiro atoms. The van der Waals surface area contributed by atoms with Crippen molar-refractivity contribution in [2.75, 3.05) is 13.6 Å². The van der Waals surface area contributed by atoms with E-state index in [2.05, 4.69) is 5.32 Å². The maximum atomic E-state index is 11.5. The predicted octanol–water partition coefficient (Wildman–Crippen LogP) is 1.40. The molecule has 0 saturated carbocycles. The maximum Gasteiger partial charge on any atom is 0.346 e. The van der Waals surface area contributed by atoms with Crippen LogP contribution in [0.4, 0.5) is 0 Å². The summed E-state index contributed by atoms with van der Waals surface area (Å²) in [5, 5.41) is 13.5. The third kappa shape index (κ3) is 4.46. The second-order valence-corrected chi connectivity index (χ2v) is 5.39. The fourth-order valence-corrected chi connectivity index (χ4v) is 2.36. The Morgan fingerprint density at radius 3 is 2.72 bits per heavy atom. The van der Waals surface area contributed by atoms with Gasteiger partial charge in [-0.05, 0) is 37.9 Å². The van der Waals surface area contributed by atoms with E-state index in [1.807, 2.05) is 13.8 Å². The Morgan fingerprint density at radius 1 is 1.50 bits per heavy atom. The molecule has 0 aliphatic heterocycles. The zero-order valence-corrected chi connectivity index (χ0v) is 11.6. The van der Waals surface area contributed by atoms with Crippen LogP contribution >= 0.6 is 11.3 Å². The van der Waals surface area contributed by atoms with Crippen LogP contribution in [0.3, 0.4) is 0 Å². The normalized spacial score (nSPS) is 10.9. The minimum atomic E-state index is -0.917. The van der Waals surface area contributed by atoms with Gasteiger partial charge in [0.15, 0.2) is 0 Å². The van der Waals surface area contributed by atoms with Crippen LogP contribution in [-0.2, 0) is 11.3 Å². The van der Waals surface area contributed by atoms with Crippen molar-refractivity contribution in [1.82, 2.24) is 10.2 Å². The number of nitrogens with one attached hydrogen (secondary N) is 1. The number of rotatable bonds is 6. The second kappa shape index (κ2) is 6.51. The minimum absolute atomic E-state index is 0.0559. The number of hydrogen-bond acceptors (Lipinski definition) is 4. The number of thiophene rings is 1. The van der Waals surface area contributed by atoms with Gasteiger partial charge < -0.3 is 10.4 Å². The molecule has 2 N–H and O–H groups in total. The molecule has 0 aliphatic carbocycles. The van der Waals surface area contributed by atoms with Crippen molar-refractivity contribution in [2.24, 2.45) is 0 Å². The van der Waals surface area contributed by atoms with Crippen molar-refractivity contribution in [1.29, 1.82) is 0 Å². The fourth-order valence-electron chi connectivity index (χ4n) is 1.61. The van der Waals surface area contributed by atoms with E-state index in [1.165, 1.54) is 11.3 Å². The van der Waals surface area contributed by atoms with E-state index < -0.39 is 5.97 Å². The minimum Gasteiger partial charge on any atom is -0.477 e. The molecule has 18 heavy (non-hydrogen) atoms. The molecule has 0 fully saturated rings. The van der Waals surface area contributed by atoms with Crippen molar-refractivity contribution in [3.05, 3.63) is 21.9 Å². The zero-order valence-electron chi connectivity index (χ0n) is 10.8. The van der Waals surface area contributed by atoms with Crippen molar-refractivity contribution in [3.63, 3.8) is 0 Å². The van der Waals surface area contributed by atoms with Gasteiger partial charge in [0.25, 0.3) is 0 Å². The average molecular weight is 270 g/mol. The molecule has 1 heterocycles. The molecule has 6 heteroatoms. The van der Waals surface area contributed by atoms with E-state index in [0.29, 0.717) is 11.4 Å². The van der Waals surface area contributed by atoms with Gasteiger partial charge >= 0.3 is 5.97 Å².